The lowest BCUT2D eigenvalue weighted by molar-refractivity contribution is 0.700. The predicted octanol–water partition coefficient (Wildman–Crippen LogP) is 5.16. The highest BCUT2D eigenvalue weighted by atomic mass is 14.1. The first-order valence-electron chi connectivity index (χ1n) is 6.64. The fourth-order valence-electron chi connectivity index (χ4n) is 2.00. The zero-order chi connectivity index (χ0) is 12.8. The molecule has 0 heteroatoms. The zero-order valence-electron chi connectivity index (χ0n) is 11.1. The third-order valence-corrected chi connectivity index (χ3v) is 3.26. The first-order valence-corrected chi connectivity index (χ1v) is 6.64. The van der Waals surface area contributed by atoms with Crippen molar-refractivity contribution in [3.05, 3.63) is 77.9 Å². The van der Waals surface area contributed by atoms with Gasteiger partial charge in [-0.15, -0.1) is 0 Å². The Morgan fingerprint density at radius 3 is 1.72 bits per heavy atom. The molecule has 0 saturated carbocycles. The molecule has 2 aromatic carbocycles. The van der Waals surface area contributed by atoms with Crippen molar-refractivity contribution in [3.8, 4) is 0 Å². The lowest BCUT2D eigenvalue weighted by Gasteiger charge is -2.11. The van der Waals surface area contributed by atoms with Gasteiger partial charge in [0.1, 0.15) is 0 Å². The van der Waals surface area contributed by atoms with Crippen LogP contribution in [0, 0.1) is 5.92 Å². The molecular weight excluding hydrogens is 216 g/mol. The van der Waals surface area contributed by atoms with E-state index in [0.717, 1.165) is 0 Å². The second kappa shape index (κ2) is 6.20. The minimum Gasteiger partial charge on any atom is -0.0732 e. The molecule has 0 nitrogen and oxygen atoms in total. The van der Waals surface area contributed by atoms with Crippen LogP contribution in [0.15, 0.2) is 66.7 Å². The van der Waals surface area contributed by atoms with E-state index in [-0.39, 0.29) is 0 Å². The van der Waals surface area contributed by atoms with Crippen molar-refractivity contribution in [2.75, 3.05) is 0 Å². The molecule has 0 fully saturated rings. The van der Waals surface area contributed by atoms with Crippen LogP contribution in [0.3, 0.4) is 0 Å². The van der Waals surface area contributed by atoms with Gasteiger partial charge in [-0.1, -0.05) is 87.0 Å². The van der Waals surface area contributed by atoms with Crippen molar-refractivity contribution in [2.24, 2.45) is 5.92 Å². The Balaban J connectivity index is 2.45. The monoisotopic (exact) mass is 236 g/mol. The van der Waals surface area contributed by atoms with Crippen LogP contribution >= 0.6 is 0 Å². The maximum absolute atomic E-state index is 2.38. The van der Waals surface area contributed by atoms with E-state index < -0.39 is 0 Å². The maximum Gasteiger partial charge on any atom is -0.0149 e. The molecule has 0 aliphatic heterocycles. The lowest BCUT2D eigenvalue weighted by atomic mass is 9.93. The van der Waals surface area contributed by atoms with Crippen LogP contribution in [0.5, 0.6) is 0 Å². The summed E-state index contributed by atoms with van der Waals surface area (Å²) in [5, 5.41) is 0. The fourth-order valence-corrected chi connectivity index (χ4v) is 2.00. The molecule has 0 saturated heterocycles. The van der Waals surface area contributed by atoms with Gasteiger partial charge in [0.05, 0.1) is 0 Å². The first kappa shape index (κ1) is 12.6. The normalized spacial score (nSPS) is 11.9. The van der Waals surface area contributed by atoms with Gasteiger partial charge in [-0.3, -0.25) is 0 Å². The van der Waals surface area contributed by atoms with Crippen molar-refractivity contribution in [2.45, 2.75) is 20.3 Å². The molecule has 0 N–H and O–H groups in total. The standard InChI is InChI=1S/C18H20/c1-3-15(2)14-18(16-10-6-4-7-11-16)17-12-8-5-9-13-17/h4-15H,3H2,1-2H3. The summed E-state index contributed by atoms with van der Waals surface area (Å²) in [4.78, 5) is 0. The van der Waals surface area contributed by atoms with Gasteiger partial charge >= 0.3 is 0 Å². The van der Waals surface area contributed by atoms with E-state index in [1.807, 2.05) is 0 Å². The minimum absolute atomic E-state index is 0.598. The van der Waals surface area contributed by atoms with Crippen LogP contribution < -0.4 is 0 Å². The van der Waals surface area contributed by atoms with Gasteiger partial charge in [-0.05, 0) is 22.6 Å². The molecule has 92 valence electrons. The van der Waals surface area contributed by atoms with E-state index in [0.29, 0.717) is 5.92 Å². The Bertz CT molecular complexity index is 453. The average molecular weight is 236 g/mol. The second-order valence-corrected chi connectivity index (χ2v) is 4.70. The highest BCUT2D eigenvalue weighted by Crippen LogP contribution is 2.25. The second-order valence-electron chi connectivity index (χ2n) is 4.70. The van der Waals surface area contributed by atoms with Crippen molar-refractivity contribution >= 4 is 5.57 Å². The van der Waals surface area contributed by atoms with Crippen molar-refractivity contribution < 1.29 is 0 Å². The van der Waals surface area contributed by atoms with E-state index in [2.05, 4.69) is 80.6 Å². The summed E-state index contributed by atoms with van der Waals surface area (Å²) in [6, 6.07) is 21.3. The summed E-state index contributed by atoms with van der Waals surface area (Å²) in [5.74, 6) is 0.598. The molecule has 2 aromatic rings. The summed E-state index contributed by atoms with van der Waals surface area (Å²) >= 11 is 0. The molecule has 2 rings (SSSR count). The molecule has 0 spiro atoms. The molecule has 0 heterocycles. The molecule has 0 aliphatic carbocycles. The zero-order valence-corrected chi connectivity index (χ0v) is 11.1. The third kappa shape index (κ3) is 3.10. The van der Waals surface area contributed by atoms with Crippen LogP contribution in [-0.4, -0.2) is 0 Å². The summed E-state index contributed by atoms with van der Waals surface area (Å²) in [7, 11) is 0. The smallest absolute Gasteiger partial charge is 0.0149 e. The highest BCUT2D eigenvalue weighted by molar-refractivity contribution is 5.79. The molecule has 1 atom stereocenters. The molecule has 18 heavy (non-hydrogen) atoms. The van der Waals surface area contributed by atoms with Crippen molar-refractivity contribution in [3.63, 3.8) is 0 Å². The molecule has 0 aromatic heterocycles. The molecule has 0 bridgehead atoms. The Morgan fingerprint density at radius 2 is 1.33 bits per heavy atom. The highest BCUT2D eigenvalue weighted by Gasteiger charge is 2.05. The summed E-state index contributed by atoms with van der Waals surface area (Å²) in [6.07, 6.45) is 3.55. The molecule has 1 unspecified atom stereocenters. The van der Waals surface area contributed by atoms with Gasteiger partial charge in [0.15, 0.2) is 0 Å². The van der Waals surface area contributed by atoms with Gasteiger partial charge in [0.25, 0.3) is 0 Å². The Morgan fingerprint density at radius 1 is 0.889 bits per heavy atom. The van der Waals surface area contributed by atoms with Crippen molar-refractivity contribution in [1.82, 2.24) is 0 Å². The van der Waals surface area contributed by atoms with Gasteiger partial charge in [0, 0.05) is 0 Å². The number of benzene rings is 2. The van der Waals surface area contributed by atoms with Crippen LogP contribution in [-0.2, 0) is 0 Å². The van der Waals surface area contributed by atoms with Crippen LogP contribution in [0.25, 0.3) is 5.57 Å². The third-order valence-electron chi connectivity index (χ3n) is 3.26. The molecular formula is C18H20. The maximum atomic E-state index is 2.38. The van der Waals surface area contributed by atoms with E-state index >= 15 is 0 Å². The Labute approximate surface area is 110 Å². The topological polar surface area (TPSA) is 0 Å². The summed E-state index contributed by atoms with van der Waals surface area (Å²) < 4.78 is 0. The van der Waals surface area contributed by atoms with E-state index in [1.54, 1.807) is 0 Å². The largest absolute Gasteiger partial charge is 0.0732 e. The van der Waals surface area contributed by atoms with Gasteiger partial charge < -0.3 is 0 Å². The minimum atomic E-state index is 0.598. The number of hydrogen-bond acceptors (Lipinski definition) is 0. The Kier molecular flexibility index (Phi) is 4.35. The van der Waals surface area contributed by atoms with E-state index in [4.69, 9.17) is 0 Å². The quantitative estimate of drug-likeness (QED) is 0.687. The predicted molar refractivity (Wildman–Crippen MR) is 79.4 cm³/mol. The Hall–Kier alpha value is -1.82. The average Bonchev–Trinajstić information content (AvgIpc) is 2.46. The molecule has 0 radical (unpaired) electrons. The summed E-state index contributed by atoms with van der Waals surface area (Å²) in [6.45, 7) is 4.50. The molecule has 0 amide bonds. The van der Waals surface area contributed by atoms with Crippen LogP contribution in [0.2, 0.25) is 0 Å². The van der Waals surface area contributed by atoms with E-state index in [1.165, 1.54) is 23.1 Å². The first-order chi connectivity index (χ1) is 8.81. The lowest BCUT2D eigenvalue weighted by Crippen LogP contribution is -1.93. The number of rotatable bonds is 4. The van der Waals surface area contributed by atoms with Gasteiger partial charge in [-0.2, -0.15) is 0 Å². The van der Waals surface area contributed by atoms with Crippen molar-refractivity contribution in [1.29, 1.82) is 0 Å². The van der Waals surface area contributed by atoms with Crippen LogP contribution in [0.1, 0.15) is 31.4 Å². The SMILES string of the molecule is CCC(C)C=C(c1ccccc1)c1ccccc1. The van der Waals surface area contributed by atoms with Gasteiger partial charge in [0.2, 0.25) is 0 Å². The number of hydrogen-bond donors (Lipinski definition) is 0. The fraction of sp³-hybridized carbons (Fsp3) is 0.222. The summed E-state index contributed by atoms with van der Waals surface area (Å²) in [5.41, 5.74) is 3.93. The van der Waals surface area contributed by atoms with E-state index in [9.17, 15) is 0 Å². The van der Waals surface area contributed by atoms with Crippen LogP contribution in [0.4, 0.5) is 0 Å². The molecule has 0 aliphatic rings. The van der Waals surface area contributed by atoms with Gasteiger partial charge in [-0.25, -0.2) is 0 Å². The number of allylic oxidation sites excluding steroid dienone is 1.